The van der Waals surface area contributed by atoms with Gasteiger partial charge in [0.25, 0.3) is 0 Å². The maximum atomic E-state index is 12.3. The summed E-state index contributed by atoms with van der Waals surface area (Å²) in [6, 6.07) is 2.13. The molecular formula is C19H32N4O2S. The highest BCUT2D eigenvalue weighted by Crippen LogP contribution is 2.19. The van der Waals surface area contributed by atoms with Gasteiger partial charge in [0.15, 0.2) is 5.96 Å². The number of piperidine rings is 1. The fourth-order valence-electron chi connectivity index (χ4n) is 2.93. The van der Waals surface area contributed by atoms with Crippen LogP contribution < -0.4 is 10.6 Å². The van der Waals surface area contributed by atoms with Crippen molar-refractivity contribution in [3.8, 4) is 0 Å². The summed E-state index contributed by atoms with van der Waals surface area (Å²) in [5, 5.41) is 8.86. The normalized spacial score (nSPS) is 18.6. The number of hydrogen-bond acceptors (Lipinski definition) is 4. The predicted octanol–water partition coefficient (Wildman–Crippen LogP) is 3.37. The lowest BCUT2D eigenvalue weighted by molar-refractivity contribution is 0.0168. The van der Waals surface area contributed by atoms with Crippen LogP contribution in [0.2, 0.25) is 0 Å². The van der Waals surface area contributed by atoms with Crippen LogP contribution in [-0.4, -0.2) is 49.2 Å². The Balaban J connectivity index is 1.78. The van der Waals surface area contributed by atoms with E-state index in [1.165, 1.54) is 10.4 Å². The van der Waals surface area contributed by atoms with Gasteiger partial charge in [0, 0.05) is 31.6 Å². The Labute approximate surface area is 161 Å². The Morgan fingerprint density at radius 1 is 1.42 bits per heavy atom. The topological polar surface area (TPSA) is 66.0 Å². The highest BCUT2D eigenvalue weighted by atomic mass is 32.1. The van der Waals surface area contributed by atoms with E-state index in [2.05, 4.69) is 34.0 Å². The number of carbonyl (C=O) groups excluding carboxylic acids is 1. The summed E-state index contributed by atoms with van der Waals surface area (Å²) >= 11 is 1.75. The van der Waals surface area contributed by atoms with Crippen LogP contribution in [-0.2, 0) is 11.3 Å². The van der Waals surface area contributed by atoms with E-state index >= 15 is 0 Å². The zero-order chi connectivity index (χ0) is 19.2. The lowest BCUT2D eigenvalue weighted by Crippen LogP contribution is -2.47. The molecule has 1 aromatic heterocycles. The molecule has 7 heteroatoms. The van der Waals surface area contributed by atoms with Crippen LogP contribution in [0.4, 0.5) is 4.79 Å². The van der Waals surface area contributed by atoms with Gasteiger partial charge in [0.2, 0.25) is 0 Å². The number of thiophene rings is 1. The van der Waals surface area contributed by atoms with Crippen LogP contribution in [0.5, 0.6) is 0 Å². The number of guanidine groups is 1. The highest BCUT2D eigenvalue weighted by molar-refractivity contribution is 7.10. The average Bonchev–Trinajstić information content (AvgIpc) is 2.99. The maximum absolute atomic E-state index is 12.3. The van der Waals surface area contributed by atoms with Crippen molar-refractivity contribution in [3.63, 3.8) is 0 Å². The molecule has 1 atom stereocenters. The number of rotatable bonds is 4. The molecule has 2 N–H and O–H groups in total. The van der Waals surface area contributed by atoms with E-state index in [1.807, 2.05) is 25.7 Å². The number of aryl methyl sites for hydroxylation is 1. The largest absolute Gasteiger partial charge is 0.444 e. The molecule has 0 aliphatic carbocycles. The van der Waals surface area contributed by atoms with E-state index in [4.69, 9.17) is 4.74 Å². The molecule has 0 bridgehead atoms. The number of likely N-dealkylation sites (tertiary alicyclic amines) is 1. The minimum Gasteiger partial charge on any atom is -0.444 e. The Kier molecular flexibility index (Phi) is 7.32. The number of aliphatic imine (C=N–C) groups is 1. The number of nitrogens with zero attached hydrogens (tertiary/aromatic N) is 2. The molecular weight excluding hydrogens is 348 g/mol. The fourth-order valence-corrected chi connectivity index (χ4v) is 3.78. The predicted molar refractivity (Wildman–Crippen MR) is 108 cm³/mol. The average molecular weight is 381 g/mol. The first-order valence-corrected chi connectivity index (χ1v) is 10.1. The van der Waals surface area contributed by atoms with Gasteiger partial charge in [-0.25, -0.2) is 4.79 Å². The molecule has 1 aliphatic heterocycles. The quantitative estimate of drug-likeness (QED) is 0.621. The van der Waals surface area contributed by atoms with Gasteiger partial charge < -0.3 is 20.3 Å². The lowest BCUT2D eigenvalue weighted by Gasteiger charge is -2.34. The first kappa shape index (κ1) is 20.6. The van der Waals surface area contributed by atoms with Crippen molar-refractivity contribution < 1.29 is 9.53 Å². The van der Waals surface area contributed by atoms with E-state index in [0.717, 1.165) is 45.0 Å². The molecule has 26 heavy (non-hydrogen) atoms. The van der Waals surface area contributed by atoms with Gasteiger partial charge in [0.05, 0.1) is 6.54 Å². The molecule has 0 spiro atoms. The number of amides is 1. The van der Waals surface area contributed by atoms with Crippen LogP contribution in [0.15, 0.2) is 16.4 Å². The van der Waals surface area contributed by atoms with Gasteiger partial charge in [-0.2, -0.15) is 0 Å². The Morgan fingerprint density at radius 3 is 2.81 bits per heavy atom. The minimum atomic E-state index is -0.450. The van der Waals surface area contributed by atoms with Crippen molar-refractivity contribution in [1.29, 1.82) is 0 Å². The number of ether oxygens (including phenoxy) is 1. The molecule has 1 saturated heterocycles. The highest BCUT2D eigenvalue weighted by Gasteiger charge is 2.27. The molecule has 2 rings (SSSR count). The second kappa shape index (κ2) is 9.26. The summed E-state index contributed by atoms with van der Waals surface area (Å²) in [6.45, 7) is 10.9. The van der Waals surface area contributed by atoms with Crippen molar-refractivity contribution in [2.45, 2.75) is 52.7 Å². The standard InChI is InChI=1S/C19H32N4O2S/c1-14-8-10-26-16(14)12-22-17(20-5)21-11-15-7-6-9-23(13-15)18(24)25-19(2,3)4/h8,10,15H,6-7,9,11-13H2,1-5H3,(H2,20,21,22). The van der Waals surface area contributed by atoms with Gasteiger partial charge >= 0.3 is 6.09 Å². The molecule has 0 saturated carbocycles. The second-order valence-electron chi connectivity index (χ2n) is 7.77. The first-order chi connectivity index (χ1) is 12.3. The van der Waals surface area contributed by atoms with Crippen LogP contribution in [0.3, 0.4) is 0 Å². The third-order valence-electron chi connectivity index (χ3n) is 4.34. The second-order valence-corrected chi connectivity index (χ2v) is 8.77. The Bertz CT molecular complexity index is 621. The van der Waals surface area contributed by atoms with E-state index in [9.17, 15) is 4.79 Å². The molecule has 1 amide bonds. The van der Waals surface area contributed by atoms with E-state index in [0.29, 0.717) is 5.92 Å². The van der Waals surface area contributed by atoms with Crippen molar-refractivity contribution in [2.24, 2.45) is 10.9 Å². The summed E-state index contributed by atoms with van der Waals surface area (Å²) in [4.78, 5) is 19.7. The third-order valence-corrected chi connectivity index (χ3v) is 5.36. The summed E-state index contributed by atoms with van der Waals surface area (Å²) in [5.74, 6) is 1.20. The Morgan fingerprint density at radius 2 is 2.19 bits per heavy atom. The van der Waals surface area contributed by atoms with Crippen LogP contribution in [0.1, 0.15) is 44.1 Å². The smallest absolute Gasteiger partial charge is 0.410 e. The van der Waals surface area contributed by atoms with Crippen LogP contribution >= 0.6 is 11.3 Å². The summed E-state index contributed by atoms with van der Waals surface area (Å²) in [5.41, 5.74) is 0.854. The molecule has 0 aromatic carbocycles. The third kappa shape index (κ3) is 6.52. The van der Waals surface area contributed by atoms with E-state index < -0.39 is 5.60 Å². The van der Waals surface area contributed by atoms with Crippen LogP contribution in [0.25, 0.3) is 0 Å². The van der Waals surface area contributed by atoms with Gasteiger partial charge in [-0.15, -0.1) is 11.3 Å². The van der Waals surface area contributed by atoms with E-state index in [1.54, 1.807) is 18.4 Å². The zero-order valence-corrected chi connectivity index (χ0v) is 17.4. The molecule has 146 valence electrons. The van der Waals surface area contributed by atoms with Crippen molar-refractivity contribution in [1.82, 2.24) is 15.5 Å². The summed E-state index contributed by atoms with van der Waals surface area (Å²) in [6.07, 6.45) is 1.90. The molecule has 1 aliphatic rings. The van der Waals surface area contributed by atoms with Gasteiger partial charge in [-0.3, -0.25) is 4.99 Å². The molecule has 6 nitrogen and oxygen atoms in total. The fraction of sp³-hybridized carbons (Fsp3) is 0.684. The molecule has 0 radical (unpaired) electrons. The van der Waals surface area contributed by atoms with Crippen molar-refractivity contribution >= 4 is 23.4 Å². The van der Waals surface area contributed by atoms with Gasteiger partial charge in [0.1, 0.15) is 5.60 Å². The van der Waals surface area contributed by atoms with Crippen molar-refractivity contribution in [2.75, 3.05) is 26.7 Å². The number of nitrogens with one attached hydrogen (secondary N) is 2. The maximum Gasteiger partial charge on any atom is 0.410 e. The minimum absolute atomic E-state index is 0.210. The summed E-state index contributed by atoms with van der Waals surface area (Å²) < 4.78 is 5.50. The van der Waals surface area contributed by atoms with E-state index in [-0.39, 0.29) is 6.09 Å². The summed E-state index contributed by atoms with van der Waals surface area (Å²) in [7, 11) is 1.78. The van der Waals surface area contributed by atoms with Gasteiger partial charge in [-0.1, -0.05) is 0 Å². The Hall–Kier alpha value is -1.76. The van der Waals surface area contributed by atoms with Crippen molar-refractivity contribution in [3.05, 3.63) is 21.9 Å². The van der Waals surface area contributed by atoms with Crippen LogP contribution in [0, 0.1) is 12.8 Å². The zero-order valence-electron chi connectivity index (χ0n) is 16.6. The van der Waals surface area contributed by atoms with Gasteiger partial charge in [-0.05, 0) is 63.5 Å². The molecule has 1 fully saturated rings. The number of carbonyl (C=O) groups is 1. The SMILES string of the molecule is CN=C(NCc1sccc1C)NCC1CCCN(C(=O)OC(C)(C)C)C1. The first-order valence-electron chi connectivity index (χ1n) is 9.24. The molecule has 1 unspecified atom stereocenters. The molecule has 1 aromatic rings. The molecule has 2 heterocycles. The lowest BCUT2D eigenvalue weighted by atomic mass is 9.98. The monoisotopic (exact) mass is 380 g/mol. The number of hydrogen-bond donors (Lipinski definition) is 2.